The molecule has 7 atom stereocenters. The number of phenolic OH excluding ortho intramolecular Hbond substituents is 1. The summed E-state index contributed by atoms with van der Waals surface area (Å²) in [5.41, 5.74) is -6.28. The van der Waals surface area contributed by atoms with Crippen LogP contribution in [0.5, 0.6) is 5.75 Å². The van der Waals surface area contributed by atoms with E-state index in [0.717, 1.165) is 0 Å². The van der Waals surface area contributed by atoms with E-state index < -0.39 is 53.4 Å². The van der Waals surface area contributed by atoms with Crippen LogP contribution in [0.2, 0.25) is 0 Å². The van der Waals surface area contributed by atoms with E-state index in [-0.39, 0.29) is 16.9 Å². The molecule has 2 aliphatic rings. The zero-order chi connectivity index (χ0) is 22.8. The number of aromatic hydroxyl groups is 1. The maximum absolute atomic E-state index is 11.7. The number of aliphatic hydroxyl groups excluding tert-OH is 3. The first-order valence-corrected chi connectivity index (χ1v) is 9.70. The highest BCUT2D eigenvalue weighted by atomic mass is 16.5. The Morgan fingerprint density at radius 3 is 2.10 bits per heavy atom. The van der Waals surface area contributed by atoms with Crippen molar-refractivity contribution < 1.29 is 45.3 Å². The fourth-order valence-electron chi connectivity index (χ4n) is 5.43. The Balaban J connectivity index is 1.79. The van der Waals surface area contributed by atoms with Gasteiger partial charge in [0.05, 0.1) is 31.3 Å². The average molecular weight is 432 g/mol. The predicted molar refractivity (Wildman–Crippen MR) is 105 cm³/mol. The third-order valence-corrected chi connectivity index (χ3v) is 6.92. The zero-order valence-electron chi connectivity index (χ0n) is 16.6. The Labute approximate surface area is 177 Å². The van der Waals surface area contributed by atoms with Crippen molar-refractivity contribution in [3.8, 4) is 5.75 Å². The van der Waals surface area contributed by atoms with Gasteiger partial charge in [-0.05, 0) is 35.4 Å². The quantitative estimate of drug-likeness (QED) is 0.293. The van der Waals surface area contributed by atoms with Gasteiger partial charge in [0.1, 0.15) is 28.7 Å². The number of methoxy groups -OCH3 is 1. The van der Waals surface area contributed by atoms with E-state index in [9.17, 15) is 40.5 Å². The standard InChI is InChI=1S/C22H24O9/c1-31-19(27)13-4-2-11(3-5-13)16-18(26)21(29)17(12-6-8-14(24)9-7-12)20(28,15(25)10-23)22(16,21)30/h2-9,15-18,23-26,28-30H,10H2,1H3/t15-,16?,17?,18?,20+,21+,22+/m1/s1. The van der Waals surface area contributed by atoms with Crippen molar-refractivity contribution >= 4 is 5.97 Å². The van der Waals surface area contributed by atoms with Crippen molar-refractivity contribution in [2.45, 2.75) is 40.8 Å². The number of benzene rings is 2. The predicted octanol–water partition coefficient (Wildman–Crippen LogP) is -1.02. The lowest BCUT2D eigenvalue weighted by atomic mass is 9.30. The number of rotatable bonds is 5. The van der Waals surface area contributed by atoms with Gasteiger partial charge in [0.25, 0.3) is 0 Å². The Hall–Kier alpha value is -2.53. The van der Waals surface area contributed by atoms with Crippen molar-refractivity contribution in [1.82, 2.24) is 0 Å². The molecular weight excluding hydrogens is 408 g/mol. The van der Waals surface area contributed by atoms with Crippen molar-refractivity contribution in [2.75, 3.05) is 13.7 Å². The third kappa shape index (κ3) is 2.44. The second-order valence-corrected chi connectivity index (χ2v) is 8.18. The second-order valence-electron chi connectivity index (χ2n) is 8.18. The zero-order valence-corrected chi connectivity index (χ0v) is 16.6. The molecule has 31 heavy (non-hydrogen) atoms. The summed E-state index contributed by atoms with van der Waals surface area (Å²) in [5, 5.41) is 74.6. The van der Waals surface area contributed by atoms with Gasteiger partial charge in [-0.2, -0.15) is 0 Å². The molecule has 4 rings (SSSR count). The number of hydrogen-bond donors (Lipinski definition) is 7. The molecule has 2 aromatic carbocycles. The van der Waals surface area contributed by atoms with Crippen LogP contribution >= 0.6 is 0 Å². The molecule has 2 aromatic rings. The molecule has 0 spiro atoms. The monoisotopic (exact) mass is 432 g/mol. The summed E-state index contributed by atoms with van der Waals surface area (Å²) >= 11 is 0. The Morgan fingerprint density at radius 2 is 1.58 bits per heavy atom. The fraction of sp³-hybridized carbons (Fsp3) is 0.409. The van der Waals surface area contributed by atoms with Crippen molar-refractivity contribution in [2.24, 2.45) is 0 Å². The van der Waals surface area contributed by atoms with E-state index >= 15 is 0 Å². The SMILES string of the molecule is COC(=O)c1ccc(C2C(O)[C@@]3(O)C(c4ccc(O)cc4)[C@@](O)([C@H](O)CO)[C@@]23O)cc1. The molecule has 2 fully saturated rings. The molecule has 0 aromatic heterocycles. The summed E-state index contributed by atoms with van der Waals surface area (Å²) in [5.74, 6) is -3.23. The van der Waals surface area contributed by atoms with Crippen LogP contribution in [0.25, 0.3) is 0 Å². The van der Waals surface area contributed by atoms with Gasteiger partial charge >= 0.3 is 5.97 Å². The Kier molecular flexibility index (Phi) is 4.89. The molecule has 0 radical (unpaired) electrons. The van der Waals surface area contributed by atoms with Gasteiger partial charge in [0.2, 0.25) is 0 Å². The number of hydrogen-bond acceptors (Lipinski definition) is 9. The number of fused-ring (bicyclic) bond motifs is 1. The number of ether oxygens (including phenoxy) is 1. The van der Waals surface area contributed by atoms with Crippen LogP contribution in [-0.4, -0.2) is 84.4 Å². The van der Waals surface area contributed by atoms with Crippen molar-refractivity contribution in [1.29, 1.82) is 0 Å². The molecule has 2 saturated carbocycles. The third-order valence-electron chi connectivity index (χ3n) is 6.92. The number of carbonyl (C=O) groups excluding carboxylic acids is 1. The second kappa shape index (κ2) is 6.99. The summed E-state index contributed by atoms with van der Waals surface area (Å²) < 4.78 is 4.64. The Bertz CT molecular complexity index is 991. The Morgan fingerprint density at radius 1 is 1.03 bits per heavy atom. The largest absolute Gasteiger partial charge is 0.508 e. The highest BCUT2D eigenvalue weighted by Gasteiger charge is 2.93. The van der Waals surface area contributed by atoms with Gasteiger partial charge in [-0.15, -0.1) is 0 Å². The van der Waals surface area contributed by atoms with Crippen LogP contribution in [0, 0.1) is 0 Å². The number of esters is 1. The van der Waals surface area contributed by atoms with Crippen LogP contribution in [0.4, 0.5) is 0 Å². The molecular formula is C22H24O9. The van der Waals surface area contributed by atoms with E-state index in [1.54, 1.807) is 0 Å². The van der Waals surface area contributed by atoms with Gasteiger partial charge in [-0.3, -0.25) is 0 Å². The minimum Gasteiger partial charge on any atom is -0.508 e. The molecule has 3 unspecified atom stereocenters. The normalized spacial score (nSPS) is 37.2. The van der Waals surface area contributed by atoms with Crippen LogP contribution in [0.15, 0.2) is 48.5 Å². The molecule has 0 amide bonds. The summed E-state index contributed by atoms with van der Waals surface area (Å²) in [6, 6.07) is 11.1. The van der Waals surface area contributed by atoms with Gasteiger partial charge in [-0.25, -0.2) is 4.79 Å². The van der Waals surface area contributed by atoms with Crippen molar-refractivity contribution in [3.05, 3.63) is 65.2 Å². The maximum Gasteiger partial charge on any atom is 0.337 e. The molecule has 7 N–H and O–H groups in total. The summed E-state index contributed by atoms with van der Waals surface area (Å²) in [6.07, 6.45) is -3.38. The van der Waals surface area contributed by atoms with Gasteiger partial charge in [0, 0.05) is 5.92 Å². The molecule has 2 aliphatic carbocycles. The van der Waals surface area contributed by atoms with E-state index in [0.29, 0.717) is 5.56 Å². The first-order chi connectivity index (χ1) is 14.6. The first kappa shape index (κ1) is 21.7. The van der Waals surface area contributed by atoms with E-state index in [2.05, 4.69) is 4.74 Å². The van der Waals surface area contributed by atoms with Gasteiger partial charge in [0.15, 0.2) is 0 Å². The molecule has 0 heterocycles. The van der Waals surface area contributed by atoms with E-state index in [1.165, 1.54) is 55.6 Å². The lowest BCUT2D eigenvalue weighted by Crippen LogP contribution is -2.99. The number of carbonyl (C=O) groups is 1. The minimum atomic E-state index is -2.42. The number of aliphatic hydroxyl groups is 6. The lowest BCUT2D eigenvalue weighted by Gasteiger charge is -2.80. The lowest BCUT2D eigenvalue weighted by molar-refractivity contribution is -0.459. The highest BCUT2D eigenvalue weighted by Crippen LogP contribution is 2.75. The van der Waals surface area contributed by atoms with Crippen molar-refractivity contribution in [3.63, 3.8) is 0 Å². The molecule has 9 nitrogen and oxygen atoms in total. The topological polar surface area (TPSA) is 168 Å². The molecule has 0 saturated heterocycles. The van der Waals surface area contributed by atoms with Crippen LogP contribution in [0.1, 0.15) is 33.3 Å². The van der Waals surface area contributed by atoms with Gasteiger partial charge < -0.3 is 40.5 Å². The molecule has 9 heteroatoms. The number of phenols is 1. The molecule has 0 bridgehead atoms. The average Bonchev–Trinajstić information content (AvgIpc) is 2.79. The minimum absolute atomic E-state index is 0.0747. The summed E-state index contributed by atoms with van der Waals surface area (Å²) in [6.45, 7) is -0.909. The van der Waals surface area contributed by atoms with E-state index in [1.807, 2.05) is 0 Å². The van der Waals surface area contributed by atoms with Crippen LogP contribution in [-0.2, 0) is 4.74 Å². The summed E-state index contributed by atoms with van der Waals surface area (Å²) in [7, 11) is 1.23. The summed E-state index contributed by atoms with van der Waals surface area (Å²) in [4.78, 5) is 11.7. The highest BCUT2D eigenvalue weighted by molar-refractivity contribution is 5.89. The fourth-order valence-corrected chi connectivity index (χ4v) is 5.43. The van der Waals surface area contributed by atoms with Crippen LogP contribution in [0.3, 0.4) is 0 Å². The maximum atomic E-state index is 11.7. The van der Waals surface area contributed by atoms with Crippen LogP contribution < -0.4 is 0 Å². The smallest absolute Gasteiger partial charge is 0.337 e. The molecule has 0 aliphatic heterocycles. The first-order valence-electron chi connectivity index (χ1n) is 9.70. The molecule has 166 valence electrons. The van der Waals surface area contributed by atoms with Gasteiger partial charge in [-0.1, -0.05) is 24.3 Å². The van der Waals surface area contributed by atoms with E-state index in [4.69, 9.17) is 0 Å².